The van der Waals surface area contributed by atoms with Gasteiger partial charge in [0.25, 0.3) is 0 Å². The Balaban J connectivity index is 0. The molecule has 0 saturated heterocycles. The lowest BCUT2D eigenvalue weighted by molar-refractivity contribution is 0.277. The van der Waals surface area contributed by atoms with Gasteiger partial charge < -0.3 is 0 Å². The monoisotopic (exact) mass is 187 g/mol. The minimum atomic E-state index is -0.208. The summed E-state index contributed by atoms with van der Waals surface area (Å²) >= 11 is 10.8. The van der Waals surface area contributed by atoms with E-state index in [1.165, 1.54) is 0 Å². The molecule has 0 aromatic heterocycles. The van der Waals surface area contributed by atoms with Crippen molar-refractivity contribution in [3.63, 3.8) is 0 Å². The average Bonchev–Trinajstić information content (AvgIpc) is 1.69. The van der Waals surface area contributed by atoms with Gasteiger partial charge in [0, 0.05) is 0 Å². The predicted molar refractivity (Wildman–Crippen MR) is 45.8 cm³/mol. The van der Waals surface area contributed by atoms with Crippen molar-refractivity contribution in [2.24, 2.45) is 0 Å². The Morgan fingerprint density at radius 2 is 1.88 bits per heavy atom. The Morgan fingerprint density at radius 3 is 1.88 bits per heavy atom. The van der Waals surface area contributed by atoms with Crippen LogP contribution in [0.5, 0.6) is 0 Å². The van der Waals surface area contributed by atoms with Gasteiger partial charge in [0.05, 0.1) is 0 Å². The Kier molecular flexibility index (Phi) is 15.0. The van der Waals surface area contributed by atoms with Crippen LogP contribution < -0.4 is 0 Å². The van der Waals surface area contributed by atoms with E-state index < -0.39 is 0 Å². The van der Waals surface area contributed by atoms with Crippen molar-refractivity contribution in [2.45, 2.75) is 0 Å². The molecule has 46 valence electrons. The lowest BCUT2D eigenvalue weighted by Crippen LogP contribution is -1.49. The highest BCUT2D eigenvalue weighted by Crippen LogP contribution is 1.98. The molecule has 0 saturated carbocycles. The average molecular weight is 187 g/mol. The molecule has 1 atom stereocenters. The summed E-state index contributed by atoms with van der Waals surface area (Å²) in [4.78, 5) is 18.0. The second-order valence-corrected chi connectivity index (χ2v) is 2.82. The molecule has 0 spiro atoms. The van der Waals surface area contributed by atoms with E-state index in [1.54, 1.807) is 0 Å². The van der Waals surface area contributed by atoms with Gasteiger partial charge in [-0.15, -0.1) is 12.6 Å². The SMILES string of the molecule is O=C(S)[PH+]=S.O=CS. The van der Waals surface area contributed by atoms with Gasteiger partial charge in [0.1, 0.15) is 0 Å². The van der Waals surface area contributed by atoms with Crippen LogP contribution in [-0.4, -0.2) is 10.5 Å². The zero-order valence-electron chi connectivity index (χ0n) is 3.70. The number of rotatable bonds is 1. The third-order valence-corrected chi connectivity index (χ3v) is 1.61. The fourth-order valence-corrected chi connectivity index (χ4v) is 0. The number of hydrogen-bond donors (Lipinski definition) is 2. The summed E-state index contributed by atoms with van der Waals surface area (Å²) in [6.07, 6.45) is 0. The lowest BCUT2D eigenvalue weighted by atomic mass is 11.8. The zero-order valence-corrected chi connectivity index (χ0v) is 7.30. The van der Waals surface area contributed by atoms with Crippen LogP contribution in [0.1, 0.15) is 0 Å². The number of thiol groups is 2. The Labute approximate surface area is 64.7 Å². The summed E-state index contributed by atoms with van der Waals surface area (Å²) < 4.78 is 0. The summed E-state index contributed by atoms with van der Waals surface area (Å²) in [5.41, 5.74) is 0.444. The standard InChI is InChI=1S/CHOPS2.CH2OS/c2-1(4)3-5;2-1-3/h(H,2,4);1H,(H,2,3)/p+1. The van der Waals surface area contributed by atoms with Crippen molar-refractivity contribution < 1.29 is 9.59 Å². The summed E-state index contributed by atoms with van der Waals surface area (Å²) in [5.74, 6) is 0. The van der Waals surface area contributed by atoms with Gasteiger partial charge >= 0.3 is 4.86 Å². The molecule has 1 unspecified atom stereocenters. The first-order chi connectivity index (χ1) is 3.68. The maximum atomic E-state index is 9.58. The second-order valence-electron chi connectivity index (χ2n) is 0.513. The van der Waals surface area contributed by atoms with Gasteiger partial charge in [-0.05, 0) is 0 Å². The maximum Gasteiger partial charge on any atom is 0.387 e. The molecular weight excluding hydrogens is 183 g/mol. The molecule has 0 radical (unpaired) electrons. The van der Waals surface area contributed by atoms with Gasteiger partial charge in [-0.25, -0.2) is 4.79 Å². The van der Waals surface area contributed by atoms with Crippen LogP contribution in [0, 0.1) is 0 Å². The van der Waals surface area contributed by atoms with Crippen molar-refractivity contribution in [3.05, 3.63) is 0 Å². The van der Waals surface area contributed by atoms with Crippen LogP contribution in [0.15, 0.2) is 0 Å². The first-order valence-corrected chi connectivity index (χ1v) is 4.47. The van der Waals surface area contributed by atoms with Crippen LogP contribution >= 0.6 is 32.6 Å². The molecule has 0 aliphatic rings. The Morgan fingerprint density at radius 1 is 1.75 bits per heavy atom. The molecule has 2 nitrogen and oxygen atoms in total. The van der Waals surface area contributed by atoms with Gasteiger partial charge in [-0.1, -0.05) is 12.6 Å². The summed E-state index contributed by atoms with van der Waals surface area (Å²) in [7, 11) is -0.0772. The molecular formula is C2H4O2PS3+. The van der Waals surface area contributed by atoms with Gasteiger partial charge in [-0.3, -0.25) is 4.79 Å². The molecule has 0 amide bonds. The second kappa shape index (κ2) is 10.5. The maximum absolute atomic E-state index is 9.58. The molecule has 0 N–H and O–H groups in total. The number of carbonyl (C=O) groups excluding carboxylic acids is 2. The van der Waals surface area contributed by atoms with Crippen LogP contribution in [0.3, 0.4) is 0 Å². The van der Waals surface area contributed by atoms with Crippen LogP contribution in [0.2, 0.25) is 0 Å². The highest BCUT2D eigenvalue weighted by atomic mass is 32.4. The zero-order chi connectivity index (χ0) is 6.99. The lowest BCUT2D eigenvalue weighted by Gasteiger charge is -1.45. The topological polar surface area (TPSA) is 34.1 Å². The van der Waals surface area contributed by atoms with E-state index >= 15 is 0 Å². The van der Waals surface area contributed by atoms with Crippen molar-refractivity contribution in [3.8, 4) is 0 Å². The van der Waals surface area contributed by atoms with Crippen molar-refractivity contribution in [1.29, 1.82) is 0 Å². The molecule has 0 aliphatic carbocycles. The molecule has 0 aliphatic heterocycles. The minimum absolute atomic E-state index is 0.0772. The third-order valence-electron chi connectivity index (χ3n) is 0.0873. The van der Waals surface area contributed by atoms with E-state index in [0.717, 1.165) is 0 Å². The van der Waals surface area contributed by atoms with E-state index in [-0.39, 0.29) is 12.2 Å². The highest BCUT2D eigenvalue weighted by molar-refractivity contribution is 8.20. The van der Waals surface area contributed by atoms with Crippen LogP contribution in [0.4, 0.5) is 4.79 Å². The molecule has 6 heteroatoms. The molecule has 0 fully saturated rings. The van der Waals surface area contributed by atoms with Gasteiger partial charge in [-0.2, -0.15) is 0 Å². The third kappa shape index (κ3) is 30.9. The summed E-state index contributed by atoms with van der Waals surface area (Å²) in [6.45, 7) is 0. The molecule has 0 aromatic carbocycles. The Bertz CT molecular complexity index is 93.3. The number of hydrogen-bond acceptors (Lipinski definition) is 3. The fourth-order valence-electron chi connectivity index (χ4n) is 0. The quantitative estimate of drug-likeness (QED) is 0.368. The van der Waals surface area contributed by atoms with E-state index in [2.05, 4.69) is 37.1 Å². The Hall–Kier alpha value is 0.560. The summed E-state index contributed by atoms with van der Waals surface area (Å²) in [6, 6.07) is 0. The highest BCUT2D eigenvalue weighted by Gasteiger charge is 1.89. The minimum Gasteiger partial charge on any atom is -0.291 e. The molecule has 8 heavy (non-hydrogen) atoms. The molecule has 0 bridgehead atoms. The van der Waals surface area contributed by atoms with Gasteiger partial charge in [0.15, 0.2) is 17.4 Å². The predicted octanol–water partition coefficient (Wildman–Crippen LogP) is 1.28. The smallest absolute Gasteiger partial charge is 0.291 e. The van der Waals surface area contributed by atoms with E-state index in [4.69, 9.17) is 4.79 Å². The molecule has 0 aromatic rings. The van der Waals surface area contributed by atoms with Crippen molar-refractivity contribution in [2.75, 3.05) is 0 Å². The van der Waals surface area contributed by atoms with Crippen LogP contribution in [-0.2, 0) is 16.6 Å². The van der Waals surface area contributed by atoms with E-state index in [9.17, 15) is 4.79 Å². The van der Waals surface area contributed by atoms with Crippen molar-refractivity contribution in [1.82, 2.24) is 0 Å². The first-order valence-electron chi connectivity index (χ1n) is 1.38. The summed E-state index contributed by atoms with van der Waals surface area (Å²) in [5, 5.41) is 0. The first kappa shape index (κ1) is 11.4. The molecule has 0 heterocycles. The van der Waals surface area contributed by atoms with Crippen LogP contribution in [0.25, 0.3) is 0 Å². The normalized spacial score (nSPS) is 6.75. The number of carbonyl (C=O) groups is 2. The fraction of sp³-hybridized carbons (Fsp3) is 0. The largest absolute Gasteiger partial charge is 0.387 e. The van der Waals surface area contributed by atoms with Gasteiger partial charge in [0.2, 0.25) is 7.36 Å². The van der Waals surface area contributed by atoms with E-state index in [1.807, 2.05) is 0 Å². The van der Waals surface area contributed by atoms with Crippen molar-refractivity contribution >= 4 is 54.9 Å². The van der Waals surface area contributed by atoms with E-state index in [0.29, 0.717) is 5.62 Å². The molecule has 0 rings (SSSR count).